The van der Waals surface area contributed by atoms with Gasteiger partial charge in [-0.2, -0.15) is 0 Å². The third-order valence-corrected chi connectivity index (χ3v) is 13.7. The van der Waals surface area contributed by atoms with Gasteiger partial charge >= 0.3 is 0 Å². The number of para-hydroxylation sites is 3. The van der Waals surface area contributed by atoms with Crippen LogP contribution in [0, 0.1) is 18.6 Å². The lowest BCUT2D eigenvalue weighted by Crippen LogP contribution is -2.51. The average Bonchev–Trinajstić information content (AvgIpc) is 3.88. The van der Waals surface area contributed by atoms with Crippen molar-refractivity contribution in [2.45, 2.75) is 38.8 Å². The molecule has 1 aliphatic carbocycles. The Hall–Kier alpha value is -7.96. The molecule has 12 rings (SSSR count). The molecule has 0 N–H and O–H groups in total. The van der Waals surface area contributed by atoms with Crippen LogP contribution in [0.4, 0.5) is 37.2 Å². The van der Waals surface area contributed by atoms with E-state index in [2.05, 4.69) is 146 Å². The molecule has 0 amide bonds. The van der Waals surface area contributed by atoms with Crippen LogP contribution in [0.5, 0.6) is 5.75 Å². The highest BCUT2D eigenvalue weighted by Crippen LogP contribution is 2.51. The highest BCUT2D eigenvalue weighted by atomic mass is 19.1. The maximum absolute atomic E-state index is 14.5. The first-order valence-electron chi connectivity index (χ1n) is 22.5. The van der Waals surface area contributed by atoms with E-state index in [1.807, 2.05) is 54.6 Å². The highest BCUT2D eigenvalue weighted by Gasteiger charge is 2.49. The SMILES string of the molecule is CCc1cc2ccc(N(c3ccc(F)cc3)C3C=CC=C4c5ccccc5OC43C)cc2cc1-c1cc2cc(N(c3ccc(F)cc3)c3cccc4c3oc3ccccc34)ccc2cc1C. The predicted octanol–water partition coefficient (Wildman–Crippen LogP) is 16.5. The van der Waals surface area contributed by atoms with Gasteiger partial charge in [0.15, 0.2) is 11.2 Å². The summed E-state index contributed by atoms with van der Waals surface area (Å²) in [7, 11) is 0. The van der Waals surface area contributed by atoms with Crippen LogP contribution in [0.3, 0.4) is 0 Å². The maximum Gasteiger partial charge on any atom is 0.159 e. The van der Waals surface area contributed by atoms with Crippen molar-refractivity contribution in [1.29, 1.82) is 0 Å². The van der Waals surface area contributed by atoms with E-state index in [4.69, 9.17) is 9.15 Å². The molecule has 0 saturated heterocycles. The molecule has 1 aromatic heterocycles. The second-order valence-electron chi connectivity index (χ2n) is 17.6. The monoisotopic (exact) mass is 862 g/mol. The number of benzene rings is 9. The van der Waals surface area contributed by atoms with Gasteiger partial charge in [0.25, 0.3) is 0 Å². The van der Waals surface area contributed by atoms with E-state index in [1.54, 1.807) is 0 Å². The summed E-state index contributed by atoms with van der Waals surface area (Å²) < 4.78 is 42.4. The smallest absolute Gasteiger partial charge is 0.159 e. The summed E-state index contributed by atoms with van der Waals surface area (Å²) in [5.74, 6) is 0.282. The fourth-order valence-electron chi connectivity index (χ4n) is 10.4. The van der Waals surface area contributed by atoms with Crippen molar-refractivity contribution in [3.8, 4) is 16.9 Å². The summed E-state index contributed by atoms with van der Waals surface area (Å²) in [6.07, 6.45) is 7.31. The van der Waals surface area contributed by atoms with Gasteiger partial charge in [-0.1, -0.05) is 97.9 Å². The van der Waals surface area contributed by atoms with Gasteiger partial charge in [0, 0.05) is 44.7 Å². The molecule has 9 aromatic carbocycles. The zero-order valence-electron chi connectivity index (χ0n) is 36.7. The molecule has 4 nitrogen and oxygen atoms in total. The second kappa shape index (κ2) is 15.3. The molecule has 0 radical (unpaired) electrons. The largest absolute Gasteiger partial charge is 0.480 e. The molecule has 2 atom stereocenters. The molecule has 2 unspecified atom stereocenters. The number of fused-ring (bicyclic) bond motifs is 8. The van der Waals surface area contributed by atoms with Gasteiger partial charge in [0.05, 0.1) is 11.7 Å². The molecule has 10 aromatic rings. The van der Waals surface area contributed by atoms with E-state index in [0.29, 0.717) is 0 Å². The number of allylic oxidation sites excluding steroid dienone is 2. The number of hydrogen-bond donors (Lipinski definition) is 0. The zero-order chi connectivity index (χ0) is 44.7. The lowest BCUT2D eigenvalue weighted by molar-refractivity contribution is 0.151. The number of furan rings is 1. The Morgan fingerprint density at radius 1 is 0.576 bits per heavy atom. The second-order valence-corrected chi connectivity index (χ2v) is 17.6. The van der Waals surface area contributed by atoms with Crippen molar-refractivity contribution in [2.75, 3.05) is 9.80 Å². The molecule has 0 saturated carbocycles. The molecule has 320 valence electrons. The minimum atomic E-state index is -0.703. The van der Waals surface area contributed by atoms with E-state index in [-0.39, 0.29) is 17.7 Å². The Balaban J connectivity index is 0.986. The fraction of sp³-hybridized carbons (Fsp3) is 0.100. The number of halogens is 2. The van der Waals surface area contributed by atoms with Crippen molar-refractivity contribution in [3.63, 3.8) is 0 Å². The van der Waals surface area contributed by atoms with E-state index in [0.717, 1.165) is 101 Å². The number of aryl methyl sites for hydroxylation is 2. The van der Waals surface area contributed by atoms with Gasteiger partial charge in [0.2, 0.25) is 0 Å². The number of anilines is 5. The molecular weight excluding hydrogens is 819 g/mol. The Labute approximate surface area is 381 Å². The lowest BCUT2D eigenvalue weighted by Gasteiger charge is -2.43. The van der Waals surface area contributed by atoms with Crippen LogP contribution in [0.15, 0.2) is 199 Å². The number of hydrogen-bond acceptors (Lipinski definition) is 4. The van der Waals surface area contributed by atoms with Crippen LogP contribution in [0.2, 0.25) is 0 Å². The number of rotatable bonds is 8. The van der Waals surface area contributed by atoms with E-state index < -0.39 is 5.60 Å². The topological polar surface area (TPSA) is 28.9 Å². The van der Waals surface area contributed by atoms with Crippen LogP contribution in [-0.2, 0) is 6.42 Å². The average molecular weight is 863 g/mol. The van der Waals surface area contributed by atoms with Crippen LogP contribution >= 0.6 is 0 Å². The Bertz CT molecular complexity index is 3630. The summed E-state index contributed by atoms with van der Waals surface area (Å²) in [6.45, 7) is 6.55. The van der Waals surface area contributed by atoms with Gasteiger partial charge < -0.3 is 19.0 Å². The Kier molecular flexibility index (Phi) is 9.21. The first kappa shape index (κ1) is 39.6. The molecule has 1 aliphatic heterocycles. The van der Waals surface area contributed by atoms with Gasteiger partial charge in [-0.3, -0.25) is 0 Å². The molecule has 2 aliphatic rings. The minimum Gasteiger partial charge on any atom is -0.480 e. The van der Waals surface area contributed by atoms with Crippen LogP contribution in [0.25, 0.3) is 60.2 Å². The zero-order valence-corrected chi connectivity index (χ0v) is 36.7. The summed E-state index contributed by atoms with van der Waals surface area (Å²) in [4.78, 5) is 4.43. The van der Waals surface area contributed by atoms with Crippen molar-refractivity contribution in [2.24, 2.45) is 0 Å². The van der Waals surface area contributed by atoms with Gasteiger partial charge in [-0.05, 0) is 167 Å². The first-order chi connectivity index (χ1) is 32.2. The number of ether oxygens (including phenoxy) is 1. The predicted molar refractivity (Wildman–Crippen MR) is 268 cm³/mol. The first-order valence-corrected chi connectivity index (χ1v) is 22.5. The third kappa shape index (κ3) is 6.39. The van der Waals surface area contributed by atoms with Crippen molar-refractivity contribution in [1.82, 2.24) is 0 Å². The minimum absolute atomic E-state index is 0.243. The van der Waals surface area contributed by atoms with Gasteiger partial charge in [-0.15, -0.1) is 0 Å². The van der Waals surface area contributed by atoms with Crippen molar-refractivity contribution >= 4 is 77.5 Å². The van der Waals surface area contributed by atoms with Crippen molar-refractivity contribution < 1.29 is 17.9 Å². The third-order valence-electron chi connectivity index (χ3n) is 13.7. The van der Waals surface area contributed by atoms with Gasteiger partial charge in [0.1, 0.15) is 23.0 Å². The summed E-state index contributed by atoms with van der Waals surface area (Å²) in [6, 6.07) is 58.0. The normalized spacial score (nSPS) is 16.4. The molecule has 6 heteroatoms. The standard InChI is InChI=1S/C60H44F2N2O2/c1-4-38-32-40-20-26-48(64(46-29-23-44(62)24-30-46)58-18-10-14-54-51-12-6-8-17-57(51)66-60(54,58)3)34-42(40)36-53(38)52-35-41-33-47(25-19-39(41)31-37(52)2)63(45-27-21-43(61)22-28-45)55-15-9-13-50-49-11-5-7-16-56(49)65-59(50)55/h5-36,58H,4H2,1-3H3. The highest BCUT2D eigenvalue weighted by molar-refractivity contribution is 6.10. The van der Waals surface area contributed by atoms with E-state index in [1.165, 1.54) is 41.0 Å². The summed E-state index contributed by atoms with van der Waals surface area (Å²) in [5, 5.41) is 6.50. The van der Waals surface area contributed by atoms with Gasteiger partial charge in [-0.25, -0.2) is 8.78 Å². The molecular formula is C60H44F2N2O2. The van der Waals surface area contributed by atoms with Crippen LogP contribution < -0.4 is 14.5 Å². The van der Waals surface area contributed by atoms with E-state index in [9.17, 15) is 8.78 Å². The molecule has 0 fully saturated rings. The summed E-state index contributed by atoms with van der Waals surface area (Å²) >= 11 is 0. The molecule has 0 spiro atoms. The molecule has 2 heterocycles. The number of nitrogens with zero attached hydrogens (tertiary/aromatic N) is 2. The summed E-state index contributed by atoms with van der Waals surface area (Å²) in [5.41, 5.74) is 12.3. The fourth-order valence-corrected chi connectivity index (χ4v) is 10.4. The lowest BCUT2D eigenvalue weighted by atomic mass is 9.81. The Morgan fingerprint density at radius 2 is 1.23 bits per heavy atom. The van der Waals surface area contributed by atoms with Crippen molar-refractivity contribution in [3.05, 3.63) is 222 Å². The maximum atomic E-state index is 14.5. The van der Waals surface area contributed by atoms with Crippen LogP contribution in [0.1, 0.15) is 30.5 Å². The van der Waals surface area contributed by atoms with Crippen LogP contribution in [-0.4, -0.2) is 11.6 Å². The Morgan fingerprint density at radius 3 is 2.02 bits per heavy atom. The quantitative estimate of drug-likeness (QED) is 0.152. The molecule has 0 bridgehead atoms. The van der Waals surface area contributed by atoms with E-state index >= 15 is 0 Å². The molecule has 66 heavy (non-hydrogen) atoms.